The number of nitrogens with two attached hydrogens (primary N) is 1. The van der Waals surface area contributed by atoms with Gasteiger partial charge >= 0.3 is 6.09 Å². The summed E-state index contributed by atoms with van der Waals surface area (Å²) in [6, 6.07) is -0.412. The second-order valence-electron chi connectivity index (χ2n) is 5.34. The summed E-state index contributed by atoms with van der Waals surface area (Å²) >= 11 is 0. The first-order chi connectivity index (χ1) is 10.4. The SMILES string of the molecule is CCOC(=O)N1CCN(C(=O)C(C)n2cc(N)c(C)n2)CC1.Cl. The van der Waals surface area contributed by atoms with Crippen molar-refractivity contribution in [2.24, 2.45) is 0 Å². The van der Waals surface area contributed by atoms with E-state index in [2.05, 4.69) is 5.10 Å². The van der Waals surface area contributed by atoms with E-state index in [1.54, 1.807) is 41.4 Å². The number of nitrogen functional groups attached to an aromatic ring is 1. The average molecular weight is 346 g/mol. The average Bonchev–Trinajstić information content (AvgIpc) is 2.85. The number of carbonyl (C=O) groups excluding carboxylic acids is 2. The maximum Gasteiger partial charge on any atom is 0.409 e. The molecular weight excluding hydrogens is 322 g/mol. The van der Waals surface area contributed by atoms with Crippen LogP contribution >= 0.6 is 12.4 Å². The molecule has 1 atom stereocenters. The van der Waals surface area contributed by atoms with Gasteiger partial charge in [-0.1, -0.05) is 0 Å². The molecule has 0 aromatic carbocycles. The summed E-state index contributed by atoms with van der Waals surface area (Å²) in [5.74, 6) is -0.0222. The fourth-order valence-corrected chi connectivity index (χ4v) is 2.40. The number of aromatic nitrogens is 2. The molecule has 2 amide bonds. The lowest BCUT2D eigenvalue weighted by Crippen LogP contribution is -2.52. The van der Waals surface area contributed by atoms with Crippen molar-refractivity contribution in [3.8, 4) is 0 Å². The van der Waals surface area contributed by atoms with E-state index in [1.807, 2.05) is 0 Å². The number of carbonyl (C=O) groups is 2. The highest BCUT2D eigenvalue weighted by Gasteiger charge is 2.28. The highest BCUT2D eigenvalue weighted by Crippen LogP contribution is 2.16. The molecule has 1 aliphatic rings. The van der Waals surface area contributed by atoms with Gasteiger partial charge in [-0.15, -0.1) is 12.4 Å². The molecule has 2 rings (SSSR count). The van der Waals surface area contributed by atoms with E-state index >= 15 is 0 Å². The van der Waals surface area contributed by atoms with Crippen LogP contribution in [0, 0.1) is 6.92 Å². The Morgan fingerprint density at radius 2 is 1.87 bits per heavy atom. The molecule has 1 aromatic rings. The summed E-state index contributed by atoms with van der Waals surface area (Å²) in [6.45, 7) is 7.70. The van der Waals surface area contributed by atoms with Crippen LogP contribution in [0.4, 0.5) is 10.5 Å². The van der Waals surface area contributed by atoms with Crippen LogP contribution in [0.15, 0.2) is 6.20 Å². The number of hydrogen-bond donors (Lipinski definition) is 1. The van der Waals surface area contributed by atoms with Gasteiger partial charge in [0.25, 0.3) is 0 Å². The Balaban J connectivity index is 0.00000264. The van der Waals surface area contributed by atoms with Crippen molar-refractivity contribution >= 4 is 30.1 Å². The third kappa shape index (κ3) is 4.28. The predicted octanol–water partition coefficient (Wildman–Crippen LogP) is 1.06. The maximum absolute atomic E-state index is 12.5. The van der Waals surface area contributed by atoms with Crippen molar-refractivity contribution in [1.29, 1.82) is 0 Å². The van der Waals surface area contributed by atoms with Gasteiger partial charge in [-0.25, -0.2) is 4.79 Å². The molecule has 23 heavy (non-hydrogen) atoms. The van der Waals surface area contributed by atoms with Gasteiger partial charge in [0.1, 0.15) is 6.04 Å². The summed E-state index contributed by atoms with van der Waals surface area (Å²) in [6.07, 6.45) is 1.35. The number of nitrogens with zero attached hydrogens (tertiary/aromatic N) is 4. The molecule has 1 saturated heterocycles. The van der Waals surface area contributed by atoms with Gasteiger partial charge < -0.3 is 20.3 Å². The molecular formula is C14H24ClN5O3. The molecule has 1 unspecified atom stereocenters. The minimum Gasteiger partial charge on any atom is -0.450 e. The molecule has 0 aliphatic carbocycles. The second kappa shape index (κ2) is 8.05. The molecule has 1 fully saturated rings. The van der Waals surface area contributed by atoms with Crippen LogP contribution in [0.1, 0.15) is 25.6 Å². The first kappa shape index (κ1) is 19.1. The number of hydrogen-bond acceptors (Lipinski definition) is 5. The van der Waals surface area contributed by atoms with Crippen molar-refractivity contribution in [3.63, 3.8) is 0 Å². The van der Waals surface area contributed by atoms with E-state index in [1.165, 1.54) is 0 Å². The second-order valence-corrected chi connectivity index (χ2v) is 5.34. The number of rotatable bonds is 3. The highest BCUT2D eigenvalue weighted by atomic mass is 35.5. The van der Waals surface area contributed by atoms with Gasteiger partial charge in [-0.05, 0) is 20.8 Å². The molecule has 1 aromatic heterocycles. The summed E-state index contributed by atoms with van der Waals surface area (Å²) in [5.41, 5.74) is 7.06. The Bertz CT molecular complexity index is 535. The monoisotopic (exact) mass is 345 g/mol. The van der Waals surface area contributed by atoms with Crippen LogP contribution in [0.3, 0.4) is 0 Å². The van der Waals surface area contributed by atoms with E-state index < -0.39 is 6.04 Å². The standard InChI is InChI=1S/C14H23N5O3.ClH/c1-4-22-14(21)18-7-5-17(6-8-18)13(20)11(3)19-9-12(15)10(2)16-19;/h9,11H,4-8,15H2,1-3H3;1H. The van der Waals surface area contributed by atoms with Crippen molar-refractivity contribution in [1.82, 2.24) is 19.6 Å². The van der Waals surface area contributed by atoms with Crippen LogP contribution in [-0.2, 0) is 9.53 Å². The molecule has 8 nitrogen and oxygen atoms in total. The summed E-state index contributed by atoms with van der Waals surface area (Å²) < 4.78 is 6.55. The van der Waals surface area contributed by atoms with Gasteiger partial charge in [0.05, 0.1) is 18.0 Å². The van der Waals surface area contributed by atoms with Gasteiger partial charge in [0.2, 0.25) is 5.91 Å². The molecule has 9 heteroatoms. The first-order valence-corrected chi connectivity index (χ1v) is 7.45. The Morgan fingerprint density at radius 3 is 2.35 bits per heavy atom. The van der Waals surface area contributed by atoms with Crippen LogP contribution < -0.4 is 5.73 Å². The lowest BCUT2D eigenvalue weighted by molar-refractivity contribution is -0.136. The zero-order chi connectivity index (χ0) is 16.3. The number of piperazine rings is 1. The minimum absolute atomic E-state index is 0. The van der Waals surface area contributed by atoms with Crippen LogP contribution in [-0.4, -0.2) is 64.4 Å². The number of amides is 2. The molecule has 2 heterocycles. The Hall–Kier alpha value is -1.96. The van der Waals surface area contributed by atoms with E-state index in [4.69, 9.17) is 10.5 Å². The zero-order valence-corrected chi connectivity index (χ0v) is 14.5. The lowest BCUT2D eigenvalue weighted by Gasteiger charge is -2.35. The third-order valence-electron chi connectivity index (χ3n) is 3.83. The van der Waals surface area contributed by atoms with Crippen molar-refractivity contribution in [2.75, 3.05) is 38.5 Å². The lowest BCUT2D eigenvalue weighted by atomic mass is 10.2. The number of anilines is 1. The molecule has 0 saturated carbocycles. The summed E-state index contributed by atoms with van der Waals surface area (Å²) in [4.78, 5) is 27.5. The van der Waals surface area contributed by atoms with Crippen molar-refractivity contribution in [2.45, 2.75) is 26.8 Å². The van der Waals surface area contributed by atoms with Gasteiger partial charge in [0.15, 0.2) is 0 Å². The van der Waals surface area contributed by atoms with Crippen LogP contribution in [0.2, 0.25) is 0 Å². The van der Waals surface area contributed by atoms with Crippen molar-refractivity contribution in [3.05, 3.63) is 11.9 Å². The highest BCUT2D eigenvalue weighted by molar-refractivity contribution is 5.85. The van der Waals surface area contributed by atoms with Gasteiger partial charge in [0, 0.05) is 32.4 Å². The van der Waals surface area contributed by atoms with Crippen LogP contribution in [0.25, 0.3) is 0 Å². The number of ether oxygens (including phenoxy) is 1. The van der Waals surface area contributed by atoms with Crippen molar-refractivity contribution < 1.29 is 14.3 Å². The molecule has 1 aliphatic heterocycles. The van der Waals surface area contributed by atoms with E-state index in [-0.39, 0.29) is 24.4 Å². The fraction of sp³-hybridized carbons (Fsp3) is 0.643. The zero-order valence-electron chi connectivity index (χ0n) is 13.7. The minimum atomic E-state index is -0.412. The Labute approximate surface area is 141 Å². The van der Waals surface area contributed by atoms with Crippen LogP contribution in [0.5, 0.6) is 0 Å². The quantitative estimate of drug-likeness (QED) is 0.884. The molecule has 2 N–H and O–H groups in total. The number of halogens is 1. The van der Waals surface area contributed by atoms with Gasteiger partial charge in [-0.3, -0.25) is 9.48 Å². The largest absolute Gasteiger partial charge is 0.450 e. The number of aryl methyl sites for hydroxylation is 1. The molecule has 130 valence electrons. The summed E-state index contributed by atoms with van der Waals surface area (Å²) in [7, 11) is 0. The fourth-order valence-electron chi connectivity index (χ4n) is 2.40. The molecule has 0 bridgehead atoms. The maximum atomic E-state index is 12.5. The normalized spacial score (nSPS) is 15.8. The first-order valence-electron chi connectivity index (χ1n) is 7.45. The molecule has 0 spiro atoms. The Kier molecular flexibility index (Phi) is 6.68. The summed E-state index contributed by atoms with van der Waals surface area (Å²) in [5, 5.41) is 4.25. The smallest absolute Gasteiger partial charge is 0.409 e. The van der Waals surface area contributed by atoms with E-state index in [9.17, 15) is 9.59 Å². The van der Waals surface area contributed by atoms with E-state index in [0.29, 0.717) is 44.2 Å². The third-order valence-corrected chi connectivity index (χ3v) is 3.83. The predicted molar refractivity (Wildman–Crippen MR) is 88.5 cm³/mol. The Morgan fingerprint density at radius 1 is 1.30 bits per heavy atom. The molecule has 0 radical (unpaired) electrons. The van der Waals surface area contributed by atoms with Gasteiger partial charge in [-0.2, -0.15) is 5.10 Å². The van der Waals surface area contributed by atoms with E-state index in [0.717, 1.165) is 0 Å². The topological polar surface area (TPSA) is 93.7 Å².